The Morgan fingerprint density at radius 1 is 1.06 bits per heavy atom. The summed E-state index contributed by atoms with van der Waals surface area (Å²) in [6.07, 6.45) is 3.12. The normalized spacial score (nSPS) is 11.6. The van der Waals surface area contributed by atoms with Crippen molar-refractivity contribution in [1.82, 2.24) is 4.57 Å². The lowest BCUT2D eigenvalue weighted by Gasteiger charge is -2.06. The van der Waals surface area contributed by atoms with E-state index in [1.54, 1.807) is 0 Å². The molecule has 0 aliphatic carbocycles. The summed E-state index contributed by atoms with van der Waals surface area (Å²) in [5, 5.41) is 21.6. The molecule has 3 aromatic carbocycles. The Bertz CT molecular complexity index is 1340. The third-order valence-corrected chi connectivity index (χ3v) is 6.04. The van der Waals surface area contributed by atoms with Crippen molar-refractivity contribution in [1.29, 1.82) is 0 Å². The number of benzene rings is 3. The second kappa shape index (κ2) is 10.2. The van der Waals surface area contributed by atoms with Gasteiger partial charge in [-0.15, -0.1) is 10.2 Å². The molecule has 0 unspecified atom stereocenters. The van der Waals surface area contributed by atoms with Crippen molar-refractivity contribution in [2.75, 3.05) is 6.61 Å². The number of nitrogens with zero attached hydrogens (tertiary/aromatic N) is 3. The van der Waals surface area contributed by atoms with Crippen LogP contribution in [0.15, 0.2) is 69.3 Å². The third kappa shape index (κ3) is 5.25. The number of unbranched alkanes of at least 4 members (excludes halogenated alkanes) is 2. The summed E-state index contributed by atoms with van der Waals surface area (Å²) in [7, 11) is 0. The molecule has 0 aliphatic rings. The van der Waals surface area contributed by atoms with E-state index in [-0.39, 0.29) is 12.5 Å². The molecule has 1 N–H and O–H groups in total. The number of ether oxygens (including phenoxy) is 1. The molecule has 0 atom stereocenters. The number of aromatic nitrogens is 1. The summed E-state index contributed by atoms with van der Waals surface area (Å²) in [6, 6.07) is 17.5. The number of halogens is 1. The maximum atomic E-state index is 12.3. The number of fused-ring (bicyclic) bond motifs is 2. The molecule has 1 amide bonds. The van der Waals surface area contributed by atoms with E-state index in [0.717, 1.165) is 51.0 Å². The van der Waals surface area contributed by atoms with Crippen molar-refractivity contribution in [2.45, 2.75) is 39.7 Å². The van der Waals surface area contributed by atoms with Crippen LogP contribution < -0.4 is 4.74 Å². The van der Waals surface area contributed by atoms with Gasteiger partial charge in [-0.3, -0.25) is 4.79 Å². The first-order chi connectivity index (χ1) is 16.0. The lowest BCUT2D eigenvalue weighted by molar-refractivity contribution is -0.120. The van der Waals surface area contributed by atoms with Crippen LogP contribution in [0.1, 0.15) is 31.7 Å². The Balaban J connectivity index is 1.50. The van der Waals surface area contributed by atoms with E-state index in [4.69, 9.17) is 4.74 Å². The van der Waals surface area contributed by atoms with Crippen LogP contribution in [0.5, 0.6) is 11.6 Å². The van der Waals surface area contributed by atoms with Crippen LogP contribution in [0.3, 0.4) is 0 Å². The van der Waals surface area contributed by atoms with Crippen molar-refractivity contribution in [3.05, 3.63) is 64.6 Å². The molecule has 0 aliphatic heterocycles. The van der Waals surface area contributed by atoms with Gasteiger partial charge in [-0.05, 0) is 60.5 Å². The number of rotatable bonds is 8. The number of azo groups is 1. The third-order valence-electron chi connectivity index (χ3n) is 5.55. The second-order valence-electron chi connectivity index (χ2n) is 8.09. The van der Waals surface area contributed by atoms with Crippen molar-refractivity contribution in [3.63, 3.8) is 0 Å². The van der Waals surface area contributed by atoms with Gasteiger partial charge in [0, 0.05) is 16.4 Å². The predicted molar refractivity (Wildman–Crippen MR) is 135 cm³/mol. The quantitative estimate of drug-likeness (QED) is 0.198. The fourth-order valence-electron chi connectivity index (χ4n) is 3.85. The fourth-order valence-corrected chi connectivity index (χ4v) is 4.23. The molecule has 6 nitrogen and oxygen atoms in total. The molecule has 170 valence electrons. The topological polar surface area (TPSA) is 76.2 Å². The zero-order chi connectivity index (χ0) is 23.4. The highest BCUT2D eigenvalue weighted by molar-refractivity contribution is 9.10. The van der Waals surface area contributed by atoms with E-state index in [1.165, 1.54) is 0 Å². The highest BCUT2D eigenvalue weighted by Gasteiger charge is 2.17. The Morgan fingerprint density at radius 3 is 2.67 bits per heavy atom. The van der Waals surface area contributed by atoms with Gasteiger partial charge in [0.05, 0.1) is 5.52 Å². The molecule has 4 rings (SSSR count). The van der Waals surface area contributed by atoms with Crippen LogP contribution >= 0.6 is 15.9 Å². The summed E-state index contributed by atoms with van der Waals surface area (Å²) in [5.41, 5.74) is 2.24. The average molecular weight is 508 g/mol. The first-order valence-corrected chi connectivity index (χ1v) is 11.8. The number of carbonyl (C=O) groups is 1. The minimum absolute atomic E-state index is 0.0323. The van der Waals surface area contributed by atoms with Gasteiger partial charge in [0.25, 0.3) is 0 Å². The number of hydrogen-bond donors (Lipinski definition) is 1. The first-order valence-electron chi connectivity index (χ1n) is 11.0. The largest absolute Gasteiger partial charge is 0.493 e. The van der Waals surface area contributed by atoms with E-state index in [0.29, 0.717) is 18.0 Å². The van der Waals surface area contributed by atoms with Gasteiger partial charge in [-0.1, -0.05) is 59.5 Å². The fraction of sp³-hybridized carbons (Fsp3) is 0.269. The molecule has 33 heavy (non-hydrogen) atoms. The van der Waals surface area contributed by atoms with Gasteiger partial charge < -0.3 is 14.4 Å². The molecular formula is C26H26BrN3O3. The summed E-state index contributed by atoms with van der Waals surface area (Å²) in [4.78, 5) is 12.3. The van der Waals surface area contributed by atoms with Crippen LogP contribution in [0.2, 0.25) is 0 Å². The van der Waals surface area contributed by atoms with Crippen molar-refractivity contribution >= 4 is 49.2 Å². The Hall–Kier alpha value is -3.19. The lowest BCUT2D eigenvalue weighted by atomic mass is 10.1. The van der Waals surface area contributed by atoms with E-state index >= 15 is 0 Å². The van der Waals surface area contributed by atoms with Gasteiger partial charge >= 0.3 is 5.91 Å². The molecule has 4 aromatic rings. The molecule has 1 aromatic heterocycles. The standard InChI is InChI=1S/C26H26BrN3O3/c1-3-4-5-12-30-23-11-6-17(2)13-22(23)25(26(30)32)29-28-24(31)16-33-21-10-8-18-14-20(27)9-7-19(18)15-21/h6-11,13-15,32H,3-5,12,16H2,1-2H3. The van der Waals surface area contributed by atoms with Crippen molar-refractivity contribution < 1.29 is 14.6 Å². The zero-order valence-corrected chi connectivity index (χ0v) is 20.3. The van der Waals surface area contributed by atoms with Gasteiger partial charge in [0.15, 0.2) is 12.3 Å². The average Bonchev–Trinajstić information content (AvgIpc) is 3.06. The highest BCUT2D eigenvalue weighted by atomic mass is 79.9. The molecule has 7 heteroatoms. The smallest absolute Gasteiger partial charge is 0.302 e. The van der Waals surface area contributed by atoms with Crippen LogP contribution in [-0.2, 0) is 11.3 Å². The summed E-state index contributed by atoms with van der Waals surface area (Å²) in [5.74, 6) is 0.0917. The molecule has 0 spiro atoms. The molecule has 0 saturated heterocycles. The van der Waals surface area contributed by atoms with E-state index < -0.39 is 5.91 Å². The van der Waals surface area contributed by atoms with Crippen LogP contribution in [0, 0.1) is 6.92 Å². The number of carbonyl (C=O) groups excluding carboxylic acids is 1. The second-order valence-corrected chi connectivity index (χ2v) is 9.00. The number of aryl methyl sites for hydroxylation is 2. The van der Waals surface area contributed by atoms with E-state index in [1.807, 2.05) is 66.1 Å². The molecular weight excluding hydrogens is 482 g/mol. The van der Waals surface area contributed by atoms with Crippen molar-refractivity contribution in [2.24, 2.45) is 10.2 Å². The van der Waals surface area contributed by atoms with E-state index in [2.05, 4.69) is 33.1 Å². The number of aromatic hydroxyl groups is 1. The van der Waals surface area contributed by atoms with E-state index in [9.17, 15) is 9.90 Å². The molecule has 1 heterocycles. The highest BCUT2D eigenvalue weighted by Crippen LogP contribution is 2.39. The Morgan fingerprint density at radius 2 is 1.85 bits per heavy atom. The summed E-state index contributed by atoms with van der Waals surface area (Å²) in [6.45, 7) is 4.57. The minimum atomic E-state index is -0.523. The number of amides is 1. The molecule has 0 radical (unpaired) electrons. The first kappa shape index (κ1) is 23.0. The lowest BCUT2D eigenvalue weighted by Crippen LogP contribution is -2.07. The van der Waals surface area contributed by atoms with Crippen LogP contribution in [-0.4, -0.2) is 22.2 Å². The molecule has 0 bridgehead atoms. The zero-order valence-electron chi connectivity index (χ0n) is 18.7. The van der Waals surface area contributed by atoms with Gasteiger partial charge in [-0.2, -0.15) is 0 Å². The number of hydrogen-bond acceptors (Lipinski definition) is 4. The minimum Gasteiger partial charge on any atom is -0.493 e. The van der Waals surface area contributed by atoms with Gasteiger partial charge in [0.1, 0.15) is 5.75 Å². The summed E-state index contributed by atoms with van der Waals surface area (Å²) >= 11 is 3.46. The monoisotopic (exact) mass is 507 g/mol. The van der Waals surface area contributed by atoms with Gasteiger partial charge in [0.2, 0.25) is 5.88 Å². The Labute approximate surface area is 201 Å². The van der Waals surface area contributed by atoms with Crippen LogP contribution in [0.4, 0.5) is 5.69 Å². The molecule has 0 fully saturated rings. The molecule has 0 saturated carbocycles. The SMILES string of the molecule is CCCCCn1c(O)c(N=NC(=O)COc2ccc3cc(Br)ccc3c2)c2cc(C)ccc21. The van der Waals surface area contributed by atoms with Gasteiger partial charge in [-0.25, -0.2) is 0 Å². The van der Waals surface area contributed by atoms with Crippen molar-refractivity contribution in [3.8, 4) is 11.6 Å². The predicted octanol–water partition coefficient (Wildman–Crippen LogP) is 7.45. The maximum absolute atomic E-state index is 12.3. The summed E-state index contributed by atoms with van der Waals surface area (Å²) < 4.78 is 8.46. The Kier molecular flexibility index (Phi) is 7.08. The maximum Gasteiger partial charge on any atom is 0.302 e. The van der Waals surface area contributed by atoms with Crippen LogP contribution in [0.25, 0.3) is 21.7 Å².